The number of aliphatic carboxylic acids is 1. The van der Waals surface area contributed by atoms with E-state index >= 15 is 0 Å². The number of benzene rings is 2. The third-order valence-electron chi connectivity index (χ3n) is 6.94. The van der Waals surface area contributed by atoms with E-state index in [1.54, 1.807) is 24.3 Å². The molecular weight excluding hydrogens is 588 g/mol. The van der Waals surface area contributed by atoms with Gasteiger partial charge in [0.25, 0.3) is 5.91 Å². The predicted octanol–water partition coefficient (Wildman–Crippen LogP) is 3.66. The molecule has 0 bridgehead atoms. The molecule has 2 aromatic carbocycles. The number of carbonyl (C=O) groups excluding carboxylic acids is 4. The molecule has 3 rings (SSSR count). The van der Waals surface area contributed by atoms with Crippen LogP contribution in [0, 0.1) is 29.2 Å². The van der Waals surface area contributed by atoms with E-state index in [9.17, 15) is 46.6 Å². The number of allylic oxidation sites excluding steroid dienone is 1. The Morgan fingerprint density at radius 3 is 2.27 bits per heavy atom. The number of hydrogen-bond acceptors (Lipinski definition) is 6. The molecule has 0 fully saturated rings. The zero-order chi connectivity index (χ0) is 32.8. The summed E-state index contributed by atoms with van der Waals surface area (Å²) in [4.78, 5) is 64.5. The Morgan fingerprint density at radius 2 is 1.66 bits per heavy atom. The predicted molar refractivity (Wildman–Crippen MR) is 149 cm³/mol. The SMILES string of the molecule is CC(C)(C)c1ccccc1CC(=O)C(=O)N1CC=CC[C@@H](C(=O)N[C@@H](CC(=O)O)C(=O)COc2c(F)c(F)cc(F)c2F)C1. The summed E-state index contributed by atoms with van der Waals surface area (Å²) >= 11 is 0. The first-order valence-electron chi connectivity index (χ1n) is 13.7. The van der Waals surface area contributed by atoms with Gasteiger partial charge in [-0.05, 0) is 23.0 Å². The Hall–Kier alpha value is -4.55. The quantitative estimate of drug-likeness (QED) is 0.170. The van der Waals surface area contributed by atoms with Crippen LogP contribution >= 0.6 is 0 Å². The highest BCUT2D eigenvalue weighted by atomic mass is 19.2. The van der Waals surface area contributed by atoms with Gasteiger partial charge in [-0.1, -0.05) is 57.2 Å². The Morgan fingerprint density at radius 1 is 1.02 bits per heavy atom. The maximum Gasteiger partial charge on any atom is 0.305 e. The van der Waals surface area contributed by atoms with Crippen LogP contribution in [0.5, 0.6) is 5.75 Å². The van der Waals surface area contributed by atoms with Crippen molar-refractivity contribution < 1.29 is 51.4 Å². The number of carboxylic acids is 1. The van der Waals surface area contributed by atoms with Gasteiger partial charge in [0.15, 0.2) is 23.2 Å². The molecule has 0 saturated carbocycles. The van der Waals surface area contributed by atoms with Gasteiger partial charge in [0.05, 0.1) is 12.3 Å². The van der Waals surface area contributed by atoms with Crippen molar-refractivity contribution in [1.29, 1.82) is 0 Å². The van der Waals surface area contributed by atoms with Crippen LogP contribution < -0.4 is 10.1 Å². The summed E-state index contributed by atoms with van der Waals surface area (Å²) < 4.78 is 59.4. The molecule has 2 aromatic rings. The van der Waals surface area contributed by atoms with Gasteiger partial charge in [0.2, 0.25) is 23.3 Å². The Balaban J connectivity index is 1.70. The number of nitrogens with zero attached hydrogens (tertiary/aromatic N) is 1. The van der Waals surface area contributed by atoms with Crippen LogP contribution in [0.2, 0.25) is 0 Å². The maximum atomic E-state index is 13.9. The van der Waals surface area contributed by atoms with Crippen LogP contribution in [0.4, 0.5) is 17.6 Å². The summed E-state index contributed by atoms with van der Waals surface area (Å²) in [6, 6.07) is 5.44. The third kappa shape index (κ3) is 8.51. The van der Waals surface area contributed by atoms with E-state index in [0.717, 1.165) is 5.56 Å². The highest BCUT2D eigenvalue weighted by Crippen LogP contribution is 2.27. The number of carbonyl (C=O) groups is 5. The number of nitrogens with one attached hydrogen (secondary N) is 1. The van der Waals surface area contributed by atoms with Crippen LogP contribution in [-0.2, 0) is 35.8 Å². The molecule has 13 heteroatoms. The van der Waals surface area contributed by atoms with E-state index < -0.39 is 83.4 Å². The molecule has 0 spiro atoms. The summed E-state index contributed by atoms with van der Waals surface area (Å²) in [5.74, 6) is -14.9. The number of hydrogen-bond donors (Lipinski definition) is 2. The molecule has 44 heavy (non-hydrogen) atoms. The maximum absolute atomic E-state index is 13.9. The number of rotatable bonds is 11. The minimum absolute atomic E-state index is 0.0297. The van der Waals surface area contributed by atoms with Crippen molar-refractivity contribution in [2.75, 3.05) is 19.7 Å². The van der Waals surface area contributed by atoms with Crippen LogP contribution in [0.25, 0.3) is 0 Å². The number of amides is 2. The molecule has 2 amide bonds. The van der Waals surface area contributed by atoms with Gasteiger partial charge in [0, 0.05) is 25.6 Å². The fourth-order valence-electron chi connectivity index (χ4n) is 4.70. The van der Waals surface area contributed by atoms with Crippen LogP contribution in [-0.4, -0.2) is 65.1 Å². The van der Waals surface area contributed by atoms with Gasteiger partial charge < -0.3 is 20.1 Å². The highest BCUT2D eigenvalue weighted by Gasteiger charge is 2.33. The standard InChI is InChI=1S/C31H32F4N2O7/c1-31(2,3)19-10-5-4-8-17(19)12-23(38)30(43)37-11-7-6-9-18(15-37)29(42)36-22(14-25(40)41)24(39)16-44-28-26(34)20(32)13-21(33)27(28)35/h4-8,10,13,18,22H,9,11-12,14-16H2,1-3H3,(H,36,42)(H,40,41)/t18-,22+/m1/s1. The molecule has 0 saturated heterocycles. The van der Waals surface area contributed by atoms with Crippen LogP contribution in [0.3, 0.4) is 0 Å². The molecule has 2 atom stereocenters. The molecule has 1 heterocycles. The lowest BCUT2D eigenvalue weighted by Crippen LogP contribution is -2.49. The average Bonchev–Trinajstić information content (AvgIpc) is 3.21. The van der Waals surface area contributed by atoms with Gasteiger partial charge in [-0.15, -0.1) is 0 Å². The van der Waals surface area contributed by atoms with Gasteiger partial charge in [-0.3, -0.25) is 24.0 Å². The zero-order valence-corrected chi connectivity index (χ0v) is 24.3. The van der Waals surface area contributed by atoms with Gasteiger partial charge >= 0.3 is 5.97 Å². The minimum Gasteiger partial charge on any atom is -0.481 e. The first kappa shape index (κ1) is 33.9. The Labute approximate surface area is 250 Å². The van der Waals surface area contributed by atoms with E-state index in [4.69, 9.17) is 0 Å². The molecule has 236 valence electrons. The fourth-order valence-corrected chi connectivity index (χ4v) is 4.70. The van der Waals surface area contributed by atoms with Crippen LogP contribution in [0.1, 0.15) is 44.7 Å². The lowest BCUT2D eigenvalue weighted by atomic mass is 9.82. The molecule has 1 aliphatic heterocycles. The number of Topliss-reactive ketones (excluding diaryl/α,β-unsaturated/α-hetero) is 2. The number of halogens is 4. The van der Waals surface area contributed by atoms with E-state index in [2.05, 4.69) is 10.1 Å². The van der Waals surface area contributed by atoms with E-state index in [1.165, 1.54) is 4.90 Å². The minimum atomic E-state index is -1.90. The molecule has 0 aromatic heterocycles. The zero-order valence-electron chi connectivity index (χ0n) is 24.3. The van der Waals surface area contributed by atoms with Crippen molar-refractivity contribution in [3.63, 3.8) is 0 Å². The molecule has 2 N–H and O–H groups in total. The van der Waals surface area contributed by atoms with Gasteiger partial charge in [-0.2, -0.15) is 8.78 Å². The lowest BCUT2D eigenvalue weighted by molar-refractivity contribution is -0.145. The molecule has 0 radical (unpaired) electrons. The topological polar surface area (TPSA) is 130 Å². The largest absolute Gasteiger partial charge is 0.481 e. The molecule has 0 aliphatic carbocycles. The van der Waals surface area contributed by atoms with Gasteiger partial charge in [-0.25, -0.2) is 8.78 Å². The molecule has 0 unspecified atom stereocenters. The third-order valence-corrected chi connectivity index (χ3v) is 6.94. The Bertz CT molecular complexity index is 1460. The monoisotopic (exact) mass is 620 g/mol. The average molecular weight is 621 g/mol. The summed E-state index contributed by atoms with van der Waals surface area (Å²) in [5, 5.41) is 11.5. The van der Waals surface area contributed by atoms with Gasteiger partial charge in [0.1, 0.15) is 12.6 Å². The number of carboxylic acid groups (broad SMARTS) is 1. The smallest absolute Gasteiger partial charge is 0.305 e. The number of ketones is 2. The van der Waals surface area contributed by atoms with E-state index in [0.29, 0.717) is 5.56 Å². The Kier molecular flexibility index (Phi) is 11.0. The molecule has 9 nitrogen and oxygen atoms in total. The summed E-state index contributed by atoms with van der Waals surface area (Å²) in [6.07, 6.45) is 2.16. The summed E-state index contributed by atoms with van der Waals surface area (Å²) in [5.41, 5.74) is 1.32. The second-order valence-corrected chi connectivity index (χ2v) is 11.3. The first-order chi connectivity index (χ1) is 20.6. The van der Waals surface area contributed by atoms with Crippen molar-refractivity contribution in [2.45, 2.75) is 51.5 Å². The normalized spacial score (nSPS) is 15.7. The van der Waals surface area contributed by atoms with Crippen LogP contribution in [0.15, 0.2) is 42.5 Å². The highest BCUT2D eigenvalue weighted by molar-refractivity contribution is 6.36. The molecule has 1 aliphatic rings. The van der Waals surface area contributed by atoms with E-state index in [-0.39, 0.29) is 37.4 Å². The first-order valence-corrected chi connectivity index (χ1v) is 13.7. The van der Waals surface area contributed by atoms with Crippen molar-refractivity contribution in [3.05, 3.63) is 76.9 Å². The van der Waals surface area contributed by atoms with Crippen molar-refractivity contribution in [2.24, 2.45) is 5.92 Å². The van der Waals surface area contributed by atoms with Crippen molar-refractivity contribution >= 4 is 29.4 Å². The van der Waals surface area contributed by atoms with E-state index in [1.807, 2.05) is 32.9 Å². The lowest BCUT2D eigenvalue weighted by Gasteiger charge is -2.26. The van der Waals surface area contributed by atoms with Crippen molar-refractivity contribution in [1.82, 2.24) is 10.2 Å². The second-order valence-electron chi connectivity index (χ2n) is 11.3. The van der Waals surface area contributed by atoms with Crippen molar-refractivity contribution in [3.8, 4) is 5.75 Å². The molecular formula is C31H32F4N2O7. The second kappa shape index (κ2) is 14.3. The fraction of sp³-hybridized carbons (Fsp3) is 0.387. The summed E-state index contributed by atoms with van der Waals surface area (Å²) in [7, 11) is 0. The number of ether oxygens (including phenoxy) is 1. The summed E-state index contributed by atoms with van der Waals surface area (Å²) in [6.45, 7) is 4.51.